The zero-order valence-corrected chi connectivity index (χ0v) is 16.0. The Kier molecular flexibility index (Phi) is 7.72. The smallest absolute Gasteiger partial charge is 0.290 e. The lowest BCUT2D eigenvalue weighted by Crippen LogP contribution is -2.46. The number of carboxylic acid groups (broad SMARTS) is 1. The molecule has 2 aliphatic heterocycles. The van der Waals surface area contributed by atoms with Gasteiger partial charge in [0.05, 0.1) is 11.6 Å². The Labute approximate surface area is 159 Å². The van der Waals surface area contributed by atoms with Gasteiger partial charge in [0, 0.05) is 38.6 Å². The van der Waals surface area contributed by atoms with Crippen LogP contribution in [-0.4, -0.2) is 88.9 Å². The molecule has 3 rings (SSSR count). The minimum Gasteiger partial charge on any atom is -0.483 e. The summed E-state index contributed by atoms with van der Waals surface area (Å²) in [7, 11) is 2.02. The van der Waals surface area contributed by atoms with E-state index in [1.807, 2.05) is 29.8 Å². The Balaban J connectivity index is 0.000000817. The Hall–Kier alpha value is -2.48. The van der Waals surface area contributed by atoms with Crippen molar-refractivity contribution in [2.45, 2.75) is 32.2 Å². The van der Waals surface area contributed by atoms with Gasteiger partial charge in [-0.2, -0.15) is 0 Å². The average molecular weight is 376 g/mol. The van der Waals surface area contributed by atoms with Crippen molar-refractivity contribution in [2.24, 2.45) is 0 Å². The first-order chi connectivity index (χ1) is 13.0. The summed E-state index contributed by atoms with van der Waals surface area (Å²) < 4.78 is 0. The molecule has 1 N–H and O–H groups in total. The van der Waals surface area contributed by atoms with Crippen molar-refractivity contribution in [3.8, 4) is 0 Å². The van der Waals surface area contributed by atoms with Crippen LogP contribution in [-0.2, 0) is 9.59 Å². The summed E-state index contributed by atoms with van der Waals surface area (Å²) in [5.74, 6) is 0.236. The number of rotatable bonds is 2. The third-order valence-corrected chi connectivity index (χ3v) is 5.02. The number of carbonyl (C=O) groups excluding carboxylic acids is 2. The highest BCUT2D eigenvalue weighted by atomic mass is 16.3. The van der Waals surface area contributed by atoms with E-state index in [9.17, 15) is 9.59 Å². The second kappa shape index (κ2) is 10.0. The number of likely N-dealkylation sites (N-methyl/N-ethyl adjacent to an activating group) is 1. The van der Waals surface area contributed by atoms with Crippen molar-refractivity contribution >= 4 is 18.3 Å². The molecule has 1 atom stereocenters. The van der Waals surface area contributed by atoms with Crippen molar-refractivity contribution < 1.29 is 19.5 Å². The molecular formula is C19H28N4O4. The van der Waals surface area contributed by atoms with Crippen LogP contribution in [0.4, 0.5) is 0 Å². The predicted molar refractivity (Wildman–Crippen MR) is 100 cm³/mol. The first-order valence-electron chi connectivity index (χ1n) is 9.25. The van der Waals surface area contributed by atoms with Gasteiger partial charge in [-0.1, -0.05) is 0 Å². The van der Waals surface area contributed by atoms with Gasteiger partial charge in [-0.3, -0.25) is 24.3 Å². The molecule has 0 saturated carbocycles. The molecule has 8 heteroatoms. The SMILES string of the molecule is Cc1cncc(C(=O)N2CCCN(C(=O)[C@@H]3CCCN3C)CC2)c1.O=CO. The van der Waals surface area contributed by atoms with E-state index in [-0.39, 0.29) is 24.3 Å². The summed E-state index contributed by atoms with van der Waals surface area (Å²) >= 11 is 0. The average Bonchev–Trinajstić information content (AvgIpc) is 2.93. The van der Waals surface area contributed by atoms with E-state index in [2.05, 4.69) is 9.88 Å². The van der Waals surface area contributed by atoms with Crippen molar-refractivity contribution in [3.63, 3.8) is 0 Å². The molecule has 148 valence electrons. The summed E-state index contributed by atoms with van der Waals surface area (Å²) in [5, 5.41) is 6.89. The third kappa shape index (κ3) is 5.50. The minimum atomic E-state index is -0.250. The molecule has 2 amide bonds. The van der Waals surface area contributed by atoms with E-state index in [1.165, 1.54) is 0 Å². The number of aromatic nitrogens is 1. The van der Waals surface area contributed by atoms with Gasteiger partial charge in [0.15, 0.2) is 0 Å². The lowest BCUT2D eigenvalue weighted by molar-refractivity contribution is -0.135. The molecular weight excluding hydrogens is 348 g/mol. The van der Waals surface area contributed by atoms with Crippen LogP contribution in [0.5, 0.6) is 0 Å². The zero-order chi connectivity index (χ0) is 19.8. The summed E-state index contributed by atoms with van der Waals surface area (Å²) in [4.78, 5) is 43.8. The molecule has 3 heterocycles. The summed E-state index contributed by atoms with van der Waals surface area (Å²) in [6.45, 7) is 5.32. The number of likely N-dealkylation sites (tertiary alicyclic amines) is 1. The molecule has 0 bridgehead atoms. The van der Waals surface area contributed by atoms with Crippen molar-refractivity contribution in [1.29, 1.82) is 0 Å². The van der Waals surface area contributed by atoms with Crippen LogP contribution in [0.25, 0.3) is 0 Å². The number of amides is 2. The lowest BCUT2D eigenvalue weighted by atomic mass is 10.2. The summed E-state index contributed by atoms with van der Waals surface area (Å²) in [6, 6.07) is 1.89. The van der Waals surface area contributed by atoms with Crippen LogP contribution in [0.3, 0.4) is 0 Å². The van der Waals surface area contributed by atoms with Gasteiger partial charge in [0.1, 0.15) is 0 Å². The van der Waals surface area contributed by atoms with E-state index in [4.69, 9.17) is 9.90 Å². The van der Waals surface area contributed by atoms with Crippen molar-refractivity contribution in [2.75, 3.05) is 39.8 Å². The standard InChI is InChI=1S/C18H26N4O2.CH2O2/c1-14-11-15(13-19-12-14)17(23)21-7-4-8-22(10-9-21)18(24)16-5-3-6-20(16)2;2-1-3/h11-13,16H,3-10H2,1-2H3;1H,(H,2,3)/t16-;/m0./s1. The van der Waals surface area contributed by atoms with Crippen LogP contribution in [0.2, 0.25) is 0 Å². The van der Waals surface area contributed by atoms with Crippen LogP contribution in [0.1, 0.15) is 35.2 Å². The lowest BCUT2D eigenvalue weighted by Gasteiger charge is -2.27. The Morgan fingerprint density at radius 2 is 1.78 bits per heavy atom. The van der Waals surface area contributed by atoms with E-state index < -0.39 is 0 Å². The largest absolute Gasteiger partial charge is 0.483 e. The van der Waals surface area contributed by atoms with Crippen LogP contribution in [0.15, 0.2) is 18.5 Å². The molecule has 0 aromatic carbocycles. The Morgan fingerprint density at radius 1 is 1.11 bits per heavy atom. The number of nitrogens with zero attached hydrogens (tertiary/aromatic N) is 4. The van der Waals surface area contributed by atoms with Gasteiger partial charge in [-0.05, 0) is 51.4 Å². The molecule has 0 aliphatic carbocycles. The monoisotopic (exact) mass is 376 g/mol. The van der Waals surface area contributed by atoms with E-state index in [0.717, 1.165) is 37.9 Å². The summed E-state index contributed by atoms with van der Waals surface area (Å²) in [6.07, 6.45) is 6.23. The Morgan fingerprint density at radius 3 is 2.41 bits per heavy atom. The maximum atomic E-state index is 12.7. The predicted octanol–water partition coefficient (Wildman–Crippen LogP) is 0.860. The number of pyridine rings is 1. The molecule has 0 unspecified atom stereocenters. The van der Waals surface area contributed by atoms with Gasteiger partial charge in [0.25, 0.3) is 12.4 Å². The molecule has 2 aliphatic rings. The maximum Gasteiger partial charge on any atom is 0.290 e. The normalized spacial score (nSPS) is 20.4. The minimum absolute atomic E-state index is 0.0125. The van der Waals surface area contributed by atoms with Gasteiger partial charge in [-0.25, -0.2) is 0 Å². The van der Waals surface area contributed by atoms with Crippen molar-refractivity contribution in [3.05, 3.63) is 29.6 Å². The van der Waals surface area contributed by atoms with E-state index in [0.29, 0.717) is 25.2 Å². The number of carbonyl (C=O) groups is 3. The van der Waals surface area contributed by atoms with Crippen LogP contribution >= 0.6 is 0 Å². The second-order valence-electron chi connectivity index (χ2n) is 6.97. The highest BCUT2D eigenvalue weighted by Crippen LogP contribution is 2.18. The molecule has 0 spiro atoms. The van der Waals surface area contributed by atoms with Gasteiger partial charge >= 0.3 is 0 Å². The molecule has 0 radical (unpaired) electrons. The summed E-state index contributed by atoms with van der Waals surface area (Å²) in [5.41, 5.74) is 1.61. The molecule has 1 aromatic heterocycles. The van der Waals surface area contributed by atoms with Gasteiger partial charge in [0.2, 0.25) is 5.91 Å². The van der Waals surface area contributed by atoms with Gasteiger partial charge in [-0.15, -0.1) is 0 Å². The maximum absolute atomic E-state index is 12.7. The third-order valence-electron chi connectivity index (χ3n) is 5.02. The fourth-order valence-corrected chi connectivity index (χ4v) is 3.63. The highest BCUT2D eigenvalue weighted by molar-refractivity contribution is 5.94. The van der Waals surface area contributed by atoms with E-state index >= 15 is 0 Å². The first kappa shape index (κ1) is 20.8. The topological polar surface area (TPSA) is 94.1 Å². The zero-order valence-electron chi connectivity index (χ0n) is 16.0. The molecule has 2 fully saturated rings. The Bertz CT molecular complexity index is 667. The van der Waals surface area contributed by atoms with E-state index in [1.54, 1.807) is 12.4 Å². The fraction of sp³-hybridized carbons (Fsp3) is 0.579. The molecule has 8 nitrogen and oxygen atoms in total. The van der Waals surface area contributed by atoms with Crippen LogP contribution < -0.4 is 0 Å². The number of hydrogen-bond donors (Lipinski definition) is 1. The quantitative estimate of drug-likeness (QED) is 0.770. The highest BCUT2D eigenvalue weighted by Gasteiger charge is 2.32. The molecule has 2 saturated heterocycles. The number of aryl methyl sites for hydroxylation is 1. The molecule has 1 aromatic rings. The second-order valence-corrected chi connectivity index (χ2v) is 6.97. The number of hydrogen-bond acceptors (Lipinski definition) is 5. The van der Waals surface area contributed by atoms with Crippen LogP contribution in [0, 0.1) is 6.92 Å². The first-order valence-corrected chi connectivity index (χ1v) is 9.25. The van der Waals surface area contributed by atoms with Crippen molar-refractivity contribution in [1.82, 2.24) is 19.7 Å². The van der Waals surface area contributed by atoms with Gasteiger partial charge < -0.3 is 14.9 Å². The molecule has 27 heavy (non-hydrogen) atoms. The fourth-order valence-electron chi connectivity index (χ4n) is 3.63.